The number of nitrogens with zero attached hydrogens (tertiary/aromatic N) is 1. The molecule has 21 heavy (non-hydrogen) atoms. The van der Waals surface area contributed by atoms with E-state index in [0.29, 0.717) is 10.6 Å². The zero-order valence-electron chi connectivity index (χ0n) is 11.3. The first-order valence-electron chi connectivity index (χ1n) is 7.01. The van der Waals surface area contributed by atoms with Crippen LogP contribution in [-0.2, 0) is 5.54 Å². The Bertz CT molecular complexity index is 743. The van der Waals surface area contributed by atoms with E-state index < -0.39 is 5.54 Å². The van der Waals surface area contributed by atoms with Crippen molar-refractivity contribution in [2.75, 3.05) is 6.54 Å². The van der Waals surface area contributed by atoms with Crippen LogP contribution >= 0.6 is 11.6 Å². The Kier molecular flexibility index (Phi) is 2.64. The molecule has 106 valence electrons. The fourth-order valence-corrected chi connectivity index (χ4v) is 3.92. The van der Waals surface area contributed by atoms with Crippen molar-refractivity contribution in [3.8, 4) is 0 Å². The number of carbonyl (C=O) groups excluding carboxylic acids is 1. The summed E-state index contributed by atoms with van der Waals surface area (Å²) in [6.07, 6.45) is 1.78. The van der Waals surface area contributed by atoms with E-state index in [1.165, 1.54) is 12.1 Å². The van der Waals surface area contributed by atoms with E-state index in [1.54, 1.807) is 24.3 Å². The number of hydrogen-bond donors (Lipinski definition) is 0. The van der Waals surface area contributed by atoms with Gasteiger partial charge in [0.15, 0.2) is 0 Å². The Labute approximate surface area is 127 Å². The van der Waals surface area contributed by atoms with Gasteiger partial charge < -0.3 is 4.90 Å². The van der Waals surface area contributed by atoms with Crippen molar-refractivity contribution in [3.63, 3.8) is 0 Å². The van der Waals surface area contributed by atoms with Gasteiger partial charge in [0.05, 0.1) is 5.54 Å². The number of carbonyl (C=O) groups is 1. The molecule has 2 nitrogen and oxygen atoms in total. The number of hydrogen-bond acceptors (Lipinski definition) is 1. The normalized spacial score (nSPS) is 23.3. The number of halogens is 2. The van der Waals surface area contributed by atoms with Crippen LogP contribution in [-0.4, -0.2) is 17.4 Å². The molecule has 4 heteroatoms. The van der Waals surface area contributed by atoms with Crippen molar-refractivity contribution in [1.82, 2.24) is 4.90 Å². The molecule has 0 aromatic heterocycles. The molecule has 0 spiro atoms. The fraction of sp³-hybridized carbons (Fsp3) is 0.235. The summed E-state index contributed by atoms with van der Waals surface area (Å²) in [5.41, 5.74) is 2.13. The van der Waals surface area contributed by atoms with E-state index in [4.69, 9.17) is 11.6 Å². The first-order chi connectivity index (χ1) is 10.1. The fourth-order valence-electron chi connectivity index (χ4n) is 3.75. The molecule has 1 atom stereocenters. The molecule has 0 N–H and O–H groups in total. The molecule has 1 amide bonds. The molecule has 0 radical (unpaired) electrons. The molecule has 0 saturated carbocycles. The lowest BCUT2D eigenvalue weighted by molar-refractivity contribution is 0.0711. The van der Waals surface area contributed by atoms with Crippen LogP contribution in [0.5, 0.6) is 0 Å². The largest absolute Gasteiger partial charge is 0.325 e. The van der Waals surface area contributed by atoms with E-state index in [1.807, 2.05) is 11.0 Å². The zero-order chi connectivity index (χ0) is 14.6. The summed E-state index contributed by atoms with van der Waals surface area (Å²) in [5, 5.41) is 0.622. The highest BCUT2D eigenvalue weighted by molar-refractivity contribution is 6.30. The molecule has 0 bridgehead atoms. The standard InChI is InChI=1S/C17H13ClFNO/c18-12-4-7-14-15(10-12)17(8-1-9-20(17)16(14)21)11-2-5-13(19)6-3-11/h2-7,10H,1,8-9H2. The molecule has 4 rings (SSSR count). The van der Waals surface area contributed by atoms with Crippen LogP contribution < -0.4 is 0 Å². The van der Waals surface area contributed by atoms with Gasteiger partial charge in [-0.15, -0.1) is 0 Å². The van der Waals surface area contributed by atoms with Crippen molar-refractivity contribution >= 4 is 17.5 Å². The lowest BCUT2D eigenvalue weighted by Gasteiger charge is -2.33. The highest BCUT2D eigenvalue weighted by Gasteiger charge is 2.53. The summed E-state index contributed by atoms with van der Waals surface area (Å²) < 4.78 is 13.3. The predicted molar refractivity (Wildman–Crippen MR) is 78.9 cm³/mol. The summed E-state index contributed by atoms with van der Waals surface area (Å²) in [5.74, 6) is -0.223. The summed E-state index contributed by atoms with van der Waals surface area (Å²) in [6.45, 7) is 0.725. The molecule has 2 heterocycles. The van der Waals surface area contributed by atoms with E-state index in [2.05, 4.69) is 0 Å². The molecule has 2 aromatic carbocycles. The minimum absolute atomic E-state index is 0.0449. The number of rotatable bonds is 1. The van der Waals surface area contributed by atoms with Gasteiger partial charge in [-0.2, -0.15) is 0 Å². The van der Waals surface area contributed by atoms with E-state index in [-0.39, 0.29) is 11.7 Å². The second kappa shape index (κ2) is 4.31. The van der Waals surface area contributed by atoms with E-state index in [9.17, 15) is 9.18 Å². The quantitative estimate of drug-likeness (QED) is 0.780. The number of benzene rings is 2. The third-order valence-electron chi connectivity index (χ3n) is 4.61. The third-order valence-corrected chi connectivity index (χ3v) is 4.84. The highest BCUT2D eigenvalue weighted by Crippen LogP contribution is 2.51. The predicted octanol–water partition coefficient (Wildman–Crippen LogP) is 3.97. The van der Waals surface area contributed by atoms with E-state index in [0.717, 1.165) is 30.5 Å². The maximum atomic E-state index is 13.3. The van der Waals surface area contributed by atoms with Gasteiger partial charge in [0.1, 0.15) is 5.82 Å². The zero-order valence-corrected chi connectivity index (χ0v) is 12.0. The van der Waals surface area contributed by atoms with Crippen LogP contribution in [0.1, 0.15) is 34.3 Å². The third kappa shape index (κ3) is 1.61. The van der Waals surface area contributed by atoms with Gasteiger partial charge >= 0.3 is 0 Å². The van der Waals surface area contributed by atoms with Gasteiger partial charge in [-0.3, -0.25) is 4.79 Å². The topological polar surface area (TPSA) is 20.3 Å². The van der Waals surface area contributed by atoms with Gasteiger partial charge in [0.2, 0.25) is 0 Å². The van der Waals surface area contributed by atoms with Crippen molar-refractivity contribution in [3.05, 3.63) is 70.0 Å². The summed E-state index contributed by atoms with van der Waals surface area (Å²) in [4.78, 5) is 14.5. The van der Waals surface area contributed by atoms with Crippen molar-refractivity contribution in [1.29, 1.82) is 0 Å². The van der Waals surface area contributed by atoms with Gasteiger partial charge in [0.25, 0.3) is 5.91 Å². The average molecular weight is 302 g/mol. The Morgan fingerprint density at radius 3 is 2.67 bits per heavy atom. The van der Waals surface area contributed by atoms with Crippen LogP contribution in [0.25, 0.3) is 0 Å². The molecular formula is C17H13ClFNO. The SMILES string of the molecule is O=C1c2ccc(Cl)cc2C2(c3ccc(F)cc3)CCCN12. The lowest BCUT2D eigenvalue weighted by atomic mass is 9.81. The Morgan fingerprint density at radius 1 is 1.14 bits per heavy atom. The van der Waals surface area contributed by atoms with Gasteiger partial charge in [0, 0.05) is 17.1 Å². The molecule has 2 aromatic rings. The van der Waals surface area contributed by atoms with Crippen LogP contribution in [0.2, 0.25) is 5.02 Å². The molecule has 2 aliphatic heterocycles. The summed E-state index contributed by atoms with van der Waals surface area (Å²) >= 11 is 6.15. The number of fused-ring (bicyclic) bond motifs is 3. The molecule has 0 aliphatic carbocycles. The van der Waals surface area contributed by atoms with Crippen LogP contribution in [0.4, 0.5) is 4.39 Å². The van der Waals surface area contributed by atoms with E-state index >= 15 is 0 Å². The maximum absolute atomic E-state index is 13.3. The molecule has 2 aliphatic rings. The monoisotopic (exact) mass is 301 g/mol. The lowest BCUT2D eigenvalue weighted by Crippen LogP contribution is -2.39. The van der Waals surface area contributed by atoms with Crippen molar-refractivity contribution < 1.29 is 9.18 Å². The second-order valence-electron chi connectivity index (χ2n) is 5.62. The highest BCUT2D eigenvalue weighted by atomic mass is 35.5. The first kappa shape index (κ1) is 12.8. The van der Waals surface area contributed by atoms with Gasteiger partial charge in [-0.1, -0.05) is 23.7 Å². The molecule has 1 saturated heterocycles. The number of amides is 1. The Balaban J connectivity index is 2.00. The Morgan fingerprint density at radius 2 is 1.90 bits per heavy atom. The van der Waals surface area contributed by atoms with Crippen LogP contribution in [0, 0.1) is 5.82 Å². The summed E-state index contributed by atoms with van der Waals surface area (Å²) in [7, 11) is 0. The minimum Gasteiger partial charge on any atom is -0.325 e. The maximum Gasteiger partial charge on any atom is 0.255 e. The molecule has 1 unspecified atom stereocenters. The van der Waals surface area contributed by atoms with Crippen molar-refractivity contribution in [2.24, 2.45) is 0 Å². The second-order valence-corrected chi connectivity index (χ2v) is 6.05. The smallest absolute Gasteiger partial charge is 0.255 e. The van der Waals surface area contributed by atoms with Crippen molar-refractivity contribution in [2.45, 2.75) is 18.4 Å². The van der Waals surface area contributed by atoms with Gasteiger partial charge in [-0.25, -0.2) is 4.39 Å². The molecule has 1 fully saturated rings. The minimum atomic E-state index is -0.481. The Hall–Kier alpha value is -1.87. The van der Waals surface area contributed by atoms with Crippen LogP contribution in [0.3, 0.4) is 0 Å². The summed E-state index contributed by atoms with van der Waals surface area (Å²) in [6, 6.07) is 11.9. The average Bonchev–Trinajstić information content (AvgIpc) is 3.00. The van der Waals surface area contributed by atoms with Gasteiger partial charge in [-0.05, 0) is 54.3 Å². The first-order valence-corrected chi connectivity index (χ1v) is 7.39. The van der Waals surface area contributed by atoms with Crippen LogP contribution in [0.15, 0.2) is 42.5 Å². The molecular weight excluding hydrogens is 289 g/mol.